The van der Waals surface area contributed by atoms with E-state index in [0.717, 1.165) is 16.8 Å². The average molecular weight is 342 g/mol. The first-order valence-corrected chi connectivity index (χ1v) is 8.16. The van der Waals surface area contributed by atoms with E-state index in [1.807, 2.05) is 6.07 Å². The molecular weight excluding hydrogens is 314 g/mol. The maximum absolute atomic E-state index is 6.09. The standard InChI is InChI=1S/C17H28BrNO/c1-12(2)15-9-14(18)7-8-16(15)20-11-17(5,6)10-19-13(3)4/h7-9,12-13,19H,10-11H2,1-6H3. The average Bonchev–Trinajstić information content (AvgIpc) is 2.35. The van der Waals surface area contributed by atoms with Crippen molar-refractivity contribution in [2.24, 2.45) is 5.41 Å². The number of hydrogen-bond donors (Lipinski definition) is 1. The van der Waals surface area contributed by atoms with E-state index in [9.17, 15) is 0 Å². The van der Waals surface area contributed by atoms with Gasteiger partial charge in [0.15, 0.2) is 0 Å². The monoisotopic (exact) mass is 341 g/mol. The molecule has 0 radical (unpaired) electrons. The lowest BCUT2D eigenvalue weighted by Gasteiger charge is -2.27. The second-order valence-corrected chi connectivity index (χ2v) is 7.74. The summed E-state index contributed by atoms with van der Waals surface area (Å²) in [5.41, 5.74) is 1.37. The van der Waals surface area contributed by atoms with Crippen molar-refractivity contribution in [2.45, 2.75) is 53.5 Å². The molecule has 0 spiro atoms. The highest BCUT2D eigenvalue weighted by Crippen LogP contribution is 2.30. The van der Waals surface area contributed by atoms with Crippen LogP contribution in [0.1, 0.15) is 53.0 Å². The molecule has 0 saturated heterocycles. The third-order valence-corrected chi connectivity index (χ3v) is 3.69. The third kappa shape index (κ3) is 5.84. The molecule has 0 unspecified atom stereocenters. The predicted octanol–water partition coefficient (Wildman–Crippen LogP) is 4.98. The first kappa shape index (κ1) is 17.5. The normalized spacial score (nSPS) is 12.2. The van der Waals surface area contributed by atoms with Gasteiger partial charge in [0.2, 0.25) is 0 Å². The van der Waals surface area contributed by atoms with Crippen LogP contribution in [0.3, 0.4) is 0 Å². The Labute approximate surface area is 132 Å². The van der Waals surface area contributed by atoms with E-state index >= 15 is 0 Å². The Morgan fingerprint density at radius 1 is 1.20 bits per heavy atom. The van der Waals surface area contributed by atoms with Crippen LogP contribution in [0, 0.1) is 5.41 Å². The summed E-state index contributed by atoms with van der Waals surface area (Å²) >= 11 is 3.53. The zero-order chi connectivity index (χ0) is 15.3. The minimum Gasteiger partial charge on any atom is -0.493 e. The minimum atomic E-state index is 0.117. The highest BCUT2D eigenvalue weighted by atomic mass is 79.9. The molecule has 20 heavy (non-hydrogen) atoms. The lowest BCUT2D eigenvalue weighted by molar-refractivity contribution is 0.172. The first-order chi connectivity index (χ1) is 9.21. The van der Waals surface area contributed by atoms with Crippen LogP contribution in [0.4, 0.5) is 0 Å². The summed E-state index contributed by atoms with van der Waals surface area (Å²) in [5.74, 6) is 1.46. The molecule has 0 bridgehead atoms. The van der Waals surface area contributed by atoms with Crippen molar-refractivity contribution in [3.8, 4) is 5.75 Å². The third-order valence-electron chi connectivity index (χ3n) is 3.20. The predicted molar refractivity (Wildman–Crippen MR) is 90.6 cm³/mol. The van der Waals surface area contributed by atoms with E-state index in [2.05, 4.69) is 74.9 Å². The molecule has 1 aromatic carbocycles. The van der Waals surface area contributed by atoms with Crippen LogP contribution >= 0.6 is 15.9 Å². The highest BCUT2D eigenvalue weighted by molar-refractivity contribution is 9.10. The SMILES string of the molecule is CC(C)NCC(C)(C)COc1ccc(Br)cc1C(C)C. The van der Waals surface area contributed by atoms with Crippen molar-refractivity contribution in [1.82, 2.24) is 5.32 Å². The van der Waals surface area contributed by atoms with Gasteiger partial charge in [-0.25, -0.2) is 0 Å². The molecule has 114 valence electrons. The van der Waals surface area contributed by atoms with E-state index < -0.39 is 0 Å². The van der Waals surface area contributed by atoms with E-state index in [4.69, 9.17) is 4.74 Å². The van der Waals surface area contributed by atoms with Crippen molar-refractivity contribution in [3.05, 3.63) is 28.2 Å². The van der Waals surface area contributed by atoms with E-state index in [1.165, 1.54) is 5.56 Å². The zero-order valence-corrected chi connectivity index (χ0v) is 15.2. The summed E-state index contributed by atoms with van der Waals surface area (Å²) in [6.07, 6.45) is 0. The molecule has 1 aromatic rings. The number of benzene rings is 1. The number of nitrogens with one attached hydrogen (secondary N) is 1. The van der Waals surface area contributed by atoms with Crippen LogP contribution in [-0.2, 0) is 0 Å². The second kappa shape index (κ2) is 7.46. The summed E-state index contributed by atoms with van der Waals surface area (Å²) in [6.45, 7) is 14.9. The van der Waals surface area contributed by atoms with E-state index in [0.29, 0.717) is 18.6 Å². The summed E-state index contributed by atoms with van der Waals surface area (Å²) in [6, 6.07) is 6.76. The molecule has 1 N–H and O–H groups in total. The Balaban J connectivity index is 2.69. The zero-order valence-electron chi connectivity index (χ0n) is 13.6. The van der Waals surface area contributed by atoms with Gasteiger partial charge < -0.3 is 10.1 Å². The molecule has 0 heterocycles. The Hall–Kier alpha value is -0.540. The van der Waals surface area contributed by atoms with Crippen LogP contribution in [-0.4, -0.2) is 19.2 Å². The molecular formula is C17H28BrNO. The molecule has 1 rings (SSSR count). The molecule has 0 aromatic heterocycles. The molecule has 0 aliphatic heterocycles. The quantitative estimate of drug-likeness (QED) is 0.755. The molecule has 0 atom stereocenters. The van der Waals surface area contributed by atoms with Crippen molar-refractivity contribution in [1.29, 1.82) is 0 Å². The number of ether oxygens (including phenoxy) is 1. The lowest BCUT2D eigenvalue weighted by Crippen LogP contribution is -2.37. The maximum atomic E-state index is 6.09. The fourth-order valence-corrected chi connectivity index (χ4v) is 2.29. The Morgan fingerprint density at radius 2 is 1.85 bits per heavy atom. The van der Waals surface area contributed by atoms with E-state index in [-0.39, 0.29) is 5.41 Å². The van der Waals surface area contributed by atoms with E-state index in [1.54, 1.807) is 0 Å². The number of hydrogen-bond acceptors (Lipinski definition) is 2. The Kier molecular flexibility index (Phi) is 6.53. The lowest BCUT2D eigenvalue weighted by atomic mass is 9.94. The van der Waals surface area contributed by atoms with Crippen LogP contribution in [0.2, 0.25) is 0 Å². The van der Waals surface area contributed by atoms with Gasteiger partial charge in [0.25, 0.3) is 0 Å². The van der Waals surface area contributed by atoms with Crippen LogP contribution < -0.4 is 10.1 Å². The fourth-order valence-electron chi connectivity index (χ4n) is 1.91. The minimum absolute atomic E-state index is 0.117. The van der Waals surface area contributed by atoms with Crippen molar-refractivity contribution >= 4 is 15.9 Å². The molecule has 0 aliphatic rings. The van der Waals surface area contributed by atoms with Crippen LogP contribution in [0.15, 0.2) is 22.7 Å². The van der Waals surface area contributed by atoms with Gasteiger partial charge in [0, 0.05) is 22.5 Å². The molecule has 3 heteroatoms. The van der Waals surface area contributed by atoms with Gasteiger partial charge in [-0.05, 0) is 29.7 Å². The highest BCUT2D eigenvalue weighted by Gasteiger charge is 2.20. The van der Waals surface area contributed by atoms with Gasteiger partial charge in [-0.15, -0.1) is 0 Å². The van der Waals surface area contributed by atoms with Crippen molar-refractivity contribution in [3.63, 3.8) is 0 Å². The number of rotatable bonds is 7. The first-order valence-electron chi connectivity index (χ1n) is 7.37. The Morgan fingerprint density at radius 3 is 2.40 bits per heavy atom. The van der Waals surface area contributed by atoms with Crippen molar-refractivity contribution in [2.75, 3.05) is 13.2 Å². The largest absolute Gasteiger partial charge is 0.493 e. The molecule has 0 fully saturated rings. The molecule has 0 aliphatic carbocycles. The summed E-state index contributed by atoms with van der Waals surface area (Å²) in [4.78, 5) is 0. The second-order valence-electron chi connectivity index (χ2n) is 6.83. The van der Waals surface area contributed by atoms with Gasteiger partial charge in [-0.1, -0.05) is 57.5 Å². The summed E-state index contributed by atoms with van der Waals surface area (Å²) < 4.78 is 7.20. The van der Waals surface area contributed by atoms with Gasteiger partial charge in [0.1, 0.15) is 5.75 Å². The summed E-state index contributed by atoms with van der Waals surface area (Å²) in [5, 5.41) is 3.48. The van der Waals surface area contributed by atoms with Gasteiger partial charge in [-0.3, -0.25) is 0 Å². The maximum Gasteiger partial charge on any atom is 0.122 e. The van der Waals surface area contributed by atoms with Gasteiger partial charge in [0.05, 0.1) is 6.61 Å². The van der Waals surface area contributed by atoms with Gasteiger partial charge in [-0.2, -0.15) is 0 Å². The smallest absolute Gasteiger partial charge is 0.122 e. The number of halogens is 1. The van der Waals surface area contributed by atoms with Crippen LogP contribution in [0.25, 0.3) is 0 Å². The van der Waals surface area contributed by atoms with Crippen molar-refractivity contribution < 1.29 is 4.74 Å². The topological polar surface area (TPSA) is 21.3 Å². The summed E-state index contributed by atoms with van der Waals surface area (Å²) in [7, 11) is 0. The van der Waals surface area contributed by atoms with Gasteiger partial charge >= 0.3 is 0 Å². The Bertz CT molecular complexity index is 427. The molecule has 2 nitrogen and oxygen atoms in total. The molecule has 0 saturated carbocycles. The van der Waals surface area contributed by atoms with Crippen LogP contribution in [0.5, 0.6) is 5.75 Å². The fraction of sp³-hybridized carbons (Fsp3) is 0.647. The molecule has 0 amide bonds.